The summed E-state index contributed by atoms with van der Waals surface area (Å²) in [6, 6.07) is 8.28. The average Bonchev–Trinajstić information content (AvgIpc) is 2.42. The van der Waals surface area contributed by atoms with Gasteiger partial charge in [-0.15, -0.1) is 0 Å². The molecule has 0 bridgehead atoms. The maximum atomic E-state index is 12.8. The monoisotopic (exact) mass is 280 g/mol. The second-order valence-corrected chi connectivity index (χ2v) is 4.52. The Morgan fingerprint density at radius 1 is 1.32 bits per heavy atom. The molecule has 2 rings (SSSR count). The summed E-state index contributed by atoms with van der Waals surface area (Å²) in [5.41, 5.74) is 1.49. The number of anilines is 1. The summed E-state index contributed by atoms with van der Waals surface area (Å²) >= 11 is 6.11. The molecule has 5 heteroatoms. The molecule has 19 heavy (non-hydrogen) atoms. The zero-order chi connectivity index (χ0) is 13.8. The Labute approximate surface area is 116 Å². The van der Waals surface area contributed by atoms with Crippen molar-refractivity contribution in [2.45, 2.75) is 13.0 Å². The lowest BCUT2D eigenvalue weighted by atomic mass is 10.2. The minimum Gasteiger partial charge on any atom is -0.497 e. The smallest absolute Gasteiger partial charge is 0.141 e. The van der Waals surface area contributed by atoms with Gasteiger partial charge in [-0.05, 0) is 31.2 Å². The molecule has 0 aliphatic rings. The van der Waals surface area contributed by atoms with Crippen molar-refractivity contribution in [3.05, 3.63) is 53.1 Å². The molecule has 100 valence electrons. The highest BCUT2D eigenvalue weighted by Crippen LogP contribution is 2.29. The zero-order valence-electron chi connectivity index (χ0n) is 10.7. The molecular weight excluding hydrogens is 267 g/mol. The molecule has 1 N–H and O–H groups in total. The quantitative estimate of drug-likeness (QED) is 0.917. The van der Waals surface area contributed by atoms with Crippen molar-refractivity contribution in [2.75, 3.05) is 12.4 Å². The van der Waals surface area contributed by atoms with Gasteiger partial charge < -0.3 is 10.1 Å². The van der Waals surface area contributed by atoms with Gasteiger partial charge in [0, 0.05) is 6.07 Å². The summed E-state index contributed by atoms with van der Waals surface area (Å²) in [4.78, 5) is 4.03. The van der Waals surface area contributed by atoms with Crippen LogP contribution in [0.3, 0.4) is 0 Å². The Kier molecular flexibility index (Phi) is 4.22. The minimum absolute atomic E-state index is 0.0924. The van der Waals surface area contributed by atoms with Crippen molar-refractivity contribution in [2.24, 2.45) is 0 Å². The molecule has 1 heterocycles. The van der Waals surface area contributed by atoms with E-state index >= 15 is 0 Å². The van der Waals surface area contributed by atoms with Gasteiger partial charge in [-0.1, -0.05) is 11.6 Å². The molecule has 2 aromatic rings. The lowest BCUT2D eigenvalue weighted by Gasteiger charge is -2.16. The van der Waals surface area contributed by atoms with Crippen molar-refractivity contribution in [1.29, 1.82) is 0 Å². The van der Waals surface area contributed by atoms with Crippen LogP contribution in [0.15, 0.2) is 36.5 Å². The highest BCUT2D eigenvalue weighted by atomic mass is 35.5. The van der Waals surface area contributed by atoms with Crippen molar-refractivity contribution in [3.8, 4) is 5.75 Å². The lowest BCUT2D eigenvalue weighted by Crippen LogP contribution is -2.09. The van der Waals surface area contributed by atoms with Crippen LogP contribution in [0.1, 0.15) is 18.7 Å². The number of aromatic nitrogens is 1. The number of rotatable bonds is 4. The van der Waals surface area contributed by atoms with Gasteiger partial charge in [-0.3, -0.25) is 4.98 Å². The van der Waals surface area contributed by atoms with E-state index in [9.17, 15) is 4.39 Å². The Morgan fingerprint density at radius 2 is 2.11 bits per heavy atom. The Balaban J connectivity index is 2.18. The van der Waals surface area contributed by atoms with Crippen LogP contribution in [0.4, 0.5) is 10.1 Å². The highest BCUT2D eigenvalue weighted by Gasteiger charge is 2.10. The fraction of sp³-hybridized carbons (Fsp3) is 0.214. The fourth-order valence-electron chi connectivity index (χ4n) is 1.69. The van der Waals surface area contributed by atoms with E-state index in [4.69, 9.17) is 16.3 Å². The van der Waals surface area contributed by atoms with Gasteiger partial charge in [0.05, 0.1) is 35.8 Å². The average molecular weight is 281 g/mol. The van der Waals surface area contributed by atoms with Gasteiger partial charge >= 0.3 is 0 Å². The number of pyridine rings is 1. The normalized spacial score (nSPS) is 12.0. The van der Waals surface area contributed by atoms with Gasteiger partial charge in [0.2, 0.25) is 0 Å². The number of hydrogen-bond donors (Lipinski definition) is 1. The van der Waals surface area contributed by atoms with Crippen LogP contribution >= 0.6 is 11.6 Å². The first-order valence-corrected chi connectivity index (χ1v) is 6.19. The topological polar surface area (TPSA) is 34.1 Å². The van der Waals surface area contributed by atoms with Crippen LogP contribution in [-0.4, -0.2) is 12.1 Å². The van der Waals surface area contributed by atoms with Gasteiger partial charge in [0.25, 0.3) is 0 Å². The Bertz CT molecular complexity index is 560. The second kappa shape index (κ2) is 5.89. The molecular formula is C14H14ClFN2O. The van der Waals surface area contributed by atoms with E-state index in [1.165, 1.54) is 12.3 Å². The number of nitrogens with one attached hydrogen (secondary N) is 1. The molecule has 1 atom stereocenters. The first kappa shape index (κ1) is 13.6. The predicted molar refractivity (Wildman–Crippen MR) is 74.2 cm³/mol. The molecule has 1 unspecified atom stereocenters. The lowest BCUT2D eigenvalue weighted by molar-refractivity contribution is 0.415. The molecule has 0 aliphatic carbocycles. The van der Waals surface area contributed by atoms with E-state index < -0.39 is 0 Å². The predicted octanol–water partition coefficient (Wildman–Crippen LogP) is 4.06. The van der Waals surface area contributed by atoms with E-state index in [-0.39, 0.29) is 11.9 Å². The largest absolute Gasteiger partial charge is 0.497 e. The van der Waals surface area contributed by atoms with Crippen LogP contribution in [-0.2, 0) is 0 Å². The van der Waals surface area contributed by atoms with E-state index in [2.05, 4.69) is 10.3 Å². The van der Waals surface area contributed by atoms with Crippen molar-refractivity contribution in [1.82, 2.24) is 4.98 Å². The number of halogens is 2. The Hall–Kier alpha value is -1.81. The van der Waals surface area contributed by atoms with Gasteiger partial charge in [0.1, 0.15) is 11.6 Å². The molecule has 1 aromatic heterocycles. The standard InChI is InChI=1S/C14H14ClFN2O/c1-9(13-6-3-10(16)8-17-13)18-14-7-11(19-2)4-5-12(14)15/h3-9,18H,1-2H3. The number of methoxy groups -OCH3 is 1. The summed E-state index contributed by atoms with van der Waals surface area (Å²) in [7, 11) is 1.60. The molecule has 0 saturated heterocycles. The van der Waals surface area contributed by atoms with Gasteiger partial charge in [0.15, 0.2) is 0 Å². The number of ether oxygens (including phenoxy) is 1. The van der Waals surface area contributed by atoms with Crippen molar-refractivity contribution >= 4 is 17.3 Å². The molecule has 3 nitrogen and oxygen atoms in total. The van der Waals surface area contributed by atoms with E-state index in [1.807, 2.05) is 13.0 Å². The van der Waals surface area contributed by atoms with Crippen LogP contribution in [0.5, 0.6) is 5.75 Å². The van der Waals surface area contributed by atoms with Crippen molar-refractivity contribution < 1.29 is 9.13 Å². The fourth-order valence-corrected chi connectivity index (χ4v) is 1.86. The summed E-state index contributed by atoms with van der Waals surface area (Å²) in [6.07, 6.45) is 1.20. The Morgan fingerprint density at radius 3 is 2.74 bits per heavy atom. The SMILES string of the molecule is COc1ccc(Cl)c(NC(C)c2ccc(F)cn2)c1. The second-order valence-electron chi connectivity index (χ2n) is 4.11. The van der Waals surface area contributed by atoms with Gasteiger partial charge in [-0.25, -0.2) is 4.39 Å². The van der Waals surface area contributed by atoms with Crippen molar-refractivity contribution in [3.63, 3.8) is 0 Å². The third-order valence-electron chi connectivity index (χ3n) is 2.74. The maximum absolute atomic E-state index is 12.8. The molecule has 0 saturated carbocycles. The summed E-state index contributed by atoms with van der Waals surface area (Å²) in [5, 5.41) is 3.82. The minimum atomic E-state index is -0.352. The number of hydrogen-bond acceptors (Lipinski definition) is 3. The third-order valence-corrected chi connectivity index (χ3v) is 3.07. The van der Waals surface area contributed by atoms with Crippen LogP contribution < -0.4 is 10.1 Å². The summed E-state index contributed by atoms with van der Waals surface area (Å²) in [5.74, 6) is 0.363. The molecule has 0 fully saturated rings. The molecule has 0 aliphatic heterocycles. The molecule has 0 amide bonds. The maximum Gasteiger partial charge on any atom is 0.141 e. The van der Waals surface area contributed by atoms with Crippen LogP contribution in [0.2, 0.25) is 5.02 Å². The third kappa shape index (κ3) is 3.35. The first-order chi connectivity index (χ1) is 9.10. The zero-order valence-corrected chi connectivity index (χ0v) is 11.4. The molecule has 1 aromatic carbocycles. The van der Waals surface area contributed by atoms with Crippen LogP contribution in [0.25, 0.3) is 0 Å². The van der Waals surface area contributed by atoms with Gasteiger partial charge in [-0.2, -0.15) is 0 Å². The van der Waals surface area contributed by atoms with E-state index in [0.29, 0.717) is 10.8 Å². The summed E-state index contributed by atoms with van der Waals surface area (Å²) in [6.45, 7) is 1.93. The molecule has 0 spiro atoms. The van der Waals surface area contributed by atoms with E-state index in [1.54, 1.807) is 25.3 Å². The molecule has 0 radical (unpaired) electrons. The van der Waals surface area contributed by atoms with E-state index in [0.717, 1.165) is 11.4 Å². The number of nitrogens with zero attached hydrogens (tertiary/aromatic N) is 1. The highest BCUT2D eigenvalue weighted by molar-refractivity contribution is 6.33. The van der Waals surface area contributed by atoms with Crippen LogP contribution in [0, 0.1) is 5.82 Å². The summed E-state index contributed by atoms with van der Waals surface area (Å²) < 4.78 is 18.0. The number of benzene rings is 1. The first-order valence-electron chi connectivity index (χ1n) is 5.81.